The van der Waals surface area contributed by atoms with Gasteiger partial charge in [-0.1, -0.05) is 33.3 Å². The molecule has 2 rings (SSSR count). The molecule has 0 saturated heterocycles. The molecule has 4 nitrogen and oxygen atoms in total. The van der Waals surface area contributed by atoms with Gasteiger partial charge in [-0.05, 0) is 24.6 Å². The van der Waals surface area contributed by atoms with Crippen molar-refractivity contribution in [3.63, 3.8) is 0 Å². The first-order chi connectivity index (χ1) is 10.7. The third kappa shape index (κ3) is 5.64. The van der Waals surface area contributed by atoms with Gasteiger partial charge < -0.3 is 14.6 Å². The van der Waals surface area contributed by atoms with E-state index in [0.29, 0.717) is 5.75 Å². The second-order valence-corrected chi connectivity index (χ2v) is 4.34. The summed E-state index contributed by atoms with van der Waals surface area (Å²) >= 11 is 0. The van der Waals surface area contributed by atoms with Crippen molar-refractivity contribution in [3.8, 4) is 5.75 Å². The fourth-order valence-electron chi connectivity index (χ4n) is 1.80. The first kappa shape index (κ1) is 19.8. The summed E-state index contributed by atoms with van der Waals surface area (Å²) in [5, 5.41) is 0.926. The van der Waals surface area contributed by atoms with Gasteiger partial charge >= 0.3 is 6.09 Å². The number of unbranched alkanes of at least 4 members (excludes halogenated alkanes) is 1. The quantitative estimate of drug-likeness (QED) is 0.786. The van der Waals surface area contributed by atoms with Gasteiger partial charge in [0.1, 0.15) is 5.75 Å². The third-order valence-corrected chi connectivity index (χ3v) is 2.91. The maximum atomic E-state index is 11.9. The maximum absolute atomic E-state index is 11.9. The molecule has 2 aromatic rings. The second kappa shape index (κ2) is 11.4. The first-order valence-electron chi connectivity index (χ1n) is 7.71. The van der Waals surface area contributed by atoms with Crippen LogP contribution in [-0.2, 0) is 0 Å². The van der Waals surface area contributed by atoms with Crippen LogP contribution in [0.4, 0.5) is 4.79 Å². The van der Waals surface area contributed by atoms with Gasteiger partial charge in [0.2, 0.25) is 0 Å². The van der Waals surface area contributed by atoms with Crippen LogP contribution in [0.5, 0.6) is 5.75 Å². The Kier molecular flexibility index (Phi) is 10.3. The normalized spacial score (nSPS) is 9.09. The summed E-state index contributed by atoms with van der Waals surface area (Å²) in [7, 11) is 1.76. The predicted molar refractivity (Wildman–Crippen MR) is 94.5 cm³/mol. The molecule has 0 aliphatic rings. The van der Waals surface area contributed by atoms with Crippen LogP contribution in [0.15, 0.2) is 43.6 Å². The lowest BCUT2D eigenvalue weighted by molar-refractivity contribution is 0.163. The lowest BCUT2D eigenvalue weighted by atomic mass is 10.2. The molecule has 1 N–H and O–H groups in total. The molecule has 0 saturated carbocycles. The van der Waals surface area contributed by atoms with Crippen molar-refractivity contribution >= 4 is 17.0 Å². The minimum absolute atomic E-state index is 0.308. The molecular formula is C18H28N2O2. The lowest BCUT2D eigenvalue weighted by Crippen LogP contribution is -2.30. The number of aromatic amines is 1. The Morgan fingerprint density at radius 3 is 2.59 bits per heavy atom. The molecule has 0 unspecified atom stereocenters. The minimum Gasteiger partial charge on any atom is -0.409 e. The number of carbonyl (C=O) groups excluding carboxylic acids is 1. The smallest absolute Gasteiger partial charge is 0.409 e. The number of nitrogens with zero attached hydrogens (tertiary/aromatic N) is 1. The first-order valence-corrected chi connectivity index (χ1v) is 7.71. The van der Waals surface area contributed by atoms with E-state index in [1.54, 1.807) is 11.9 Å². The highest BCUT2D eigenvalue weighted by Crippen LogP contribution is 2.24. The molecule has 0 spiro atoms. The van der Waals surface area contributed by atoms with Crippen LogP contribution in [0.25, 0.3) is 10.9 Å². The van der Waals surface area contributed by atoms with Crippen LogP contribution >= 0.6 is 0 Å². The Labute approximate surface area is 133 Å². The Morgan fingerprint density at radius 2 is 1.95 bits per heavy atom. The summed E-state index contributed by atoms with van der Waals surface area (Å²) in [6.07, 6.45) is 3.57. The number of amides is 1. The van der Waals surface area contributed by atoms with Gasteiger partial charge in [0.05, 0.1) is 0 Å². The summed E-state index contributed by atoms with van der Waals surface area (Å²) in [5.74, 6) is 0.599. The van der Waals surface area contributed by atoms with Crippen molar-refractivity contribution < 1.29 is 9.53 Å². The molecule has 1 amide bonds. The van der Waals surface area contributed by atoms with E-state index in [0.717, 1.165) is 30.3 Å². The van der Waals surface area contributed by atoms with Crippen LogP contribution in [0.3, 0.4) is 0 Å². The lowest BCUT2D eigenvalue weighted by Gasteiger charge is -2.16. The van der Waals surface area contributed by atoms with Gasteiger partial charge in [-0.3, -0.25) is 0 Å². The molecule has 0 aliphatic heterocycles. The number of aromatic nitrogens is 1. The zero-order valence-corrected chi connectivity index (χ0v) is 14.2. The number of nitrogens with one attached hydrogen (secondary N) is 1. The van der Waals surface area contributed by atoms with Crippen LogP contribution in [0.1, 0.15) is 33.6 Å². The summed E-state index contributed by atoms with van der Waals surface area (Å²) in [4.78, 5) is 16.6. The molecule has 0 aliphatic carbocycles. The maximum Gasteiger partial charge on any atom is 0.414 e. The third-order valence-electron chi connectivity index (χ3n) is 2.91. The van der Waals surface area contributed by atoms with E-state index < -0.39 is 0 Å². The highest BCUT2D eigenvalue weighted by molar-refractivity contribution is 5.88. The van der Waals surface area contributed by atoms with Gasteiger partial charge in [0.15, 0.2) is 0 Å². The average molecular weight is 304 g/mol. The van der Waals surface area contributed by atoms with Crippen molar-refractivity contribution in [2.24, 2.45) is 0 Å². The average Bonchev–Trinajstić information content (AvgIpc) is 3.06. The van der Waals surface area contributed by atoms with Gasteiger partial charge in [0.25, 0.3) is 0 Å². The summed E-state index contributed by atoms with van der Waals surface area (Å²) in [6.45, 7) is 12.8. The zero-order valence-electron chi connectivity index (χ0n) is 14.2. The largest absolute Gasteiger partial charge is 0.414 e. The number of rotatable bonds is 4. The topological polar surface area (TPSA) is 45.3 Å². The van der Waals surface area contributed by atoms with Crippen molar-refractivity contribution in [1.29, 1.82) is 0 Å². The van der Waals surface area contributed by atoms with Crippen LogP contribution in [0, 0.1) is 0 Å². The number of ether oxygens (including phenoxy) is 1. The molecule has 1 aromatic heterocycles. The Morgan fingerprint density at radius 1 is 1.27 bits per heavy atom. The van der Waals surface area contributed by atoms with Crippen LogP contribution in [-0.4, -0.2) is 29.6 Å². The molecule has 0 atom stereocenters. The van der Waals surface area contributed by atoms with Gasteiger partial charge in [-0.15, -0.1) is 13.2 Å². The van der Waals surface area contributed by atoms with E-state index in [9.17, 15) is 4.79 Å². The summed E-state index contributed by atoms with van der Waals surface area (Å²) in [6, 6.07) is 7.53. The van der Waals surface area contributed by atoms with E-state index in [-0.39, 0.29) is 6.09 Å². The van der Waals surface area contributed by atoms with Crippen molar-refractivity contribution in [1.82, 2.24) is 9.88 Å². The van der Waals surface area contributed by atoms with E-state index in [1.165, 1.54) is 0 Å². The molecule has 0 bridgehead atoms. The van der Waals surface area contributed by atoms with Crippen molar-refractivity contribution in [3.05, 3.63) is 43.6 Å². The summed E-state index contributed by atoms with van der Waals surface area (Å²) < 4.78 is 5.41. The zero-order chi connectivity index (χ0) is 17.0. The highest BCUT2D eigenvalue weighted by Gasteiger charge is 2.12. The van der Waals surface area contributed by atoms with Gasteiger partial charge in [-0.25, -0.2) is 4.79 Å². The van der Waals surface area contributed by atoms with Gasteiger partial charge in [0, 0.05) is 30.7 Å². The molecule has 1 heterocycles. The Hall–Kier alpha value is -2.23. The Balaban J connectivity index is 0.00000102. The highest BCUT2D eigenvalue weighted by atomic mass is 16.6. The molecule has 4 heteroatoms. The van der Waals surface area contributed by atoms with Crippen LogP contribution < -0.4 is 4.74 Å². The van der Waals surface area contributed by atoms with E-state index in [2.05, 4.69) is 25.1 Å². The van der Waals surface area contributed by atoms with E-state index in [4.69, 9.17) is 4.74 Å². The van der Waals surface area contributed by atoms with E-state index >= 15 is 0 Å². The number of fused-ring (bicyclic) bond motifs is 1. The summed E-state index contributed by atoms with van der Waals surface area (Å²) in [5.41, 5.74) is 0.969. The molecule has 0 radical (unpaired) electrons. The molecule has 0 fully saturated rings. The number of H-pyrrole nitrogens is 1. The standard InChI is InChI=1S/C14H18N2O2.C2H6.C2H4/c1-3-4-10-16(2)14(17)18-13-7-5-6-12-11(13)8-9-15-12;2*1-2/h5-9,15H,3-4,10H2,1-2H3;1-2H3;1-2H2. The second-order valence-electron chi connectivity index (χ2n) is 4.34. The number of benzene rings is 1. The SMILES string of the molecule is C=C.CC.CCCCN(C)C(=O)Oc1cccc2[nH]ccc12. The molecular weight excluding hydrogens is 276 g/mol. The molecule has 1 aromatic carbocycles. The predicted octanol–water partition coefficient (Wildman–Crippen LogP) is 5.23. The Bertz CT molecular complexity index is 549. The van der Waals surface area contributed by atoms with Crippen molar-refractivity contribution in [2.45, 2.75) is 33.6 Å². The van der Waals surface area contributed by atoms with Crippen molar-refractivity contribution in [2.75, 3.05) is 13.6 Å². The van der Waals surface area contributed by atoms with Gasteiger partial charge in [-0.2, -0.15) is 0 Å². The molecule has 122 valence electrons. The molecule has 22 heavy (non-hydrogen) atoms. The fraction of sp³-hybridized carbons (Fsp3) is 0.389. The number of hydrogen-bond donors (Lipinski definition) is 1. The fourth-order valence-corrected chi connectivity index (χ4v) is 1.80. The van der Waals surface area contributed by atoms with E-state index in [1.807, 2.05) is 44.3 Å². The number of carbonyl (C=O) groups is 1. The van der Waals surface area contributed by atoms with Crippen LogP contribution in [0.2, 0.25) is 0 Å². The number of hydrogen-bond acceptors (Lipinski definition) is 2. The minimum atomic E-state index is -0.308. The monoisotopic (exact) mass is 304 g/mol.